The highest BCUT2D eigenvalue weighted by Crippen LogP contribution is 2.58. The Labute approximate surface area is 314 Å². The molecule has 1 saturated heterocycles. The Kier molecular flexibility index (Phi) is 8.04. The summed E-state index contributed by atoms with van der Waals surface area (Å²) >= 11 is 0. The highest BCUT2D eigenvalue weighted by atomic mass is 16.5. The minimum atomic E-state index is -1.43. The van der Waals surface area contributed by atoms with E-state index in [9.17, 15) is 19.8 Å². The van der Waals surface area contributed by atoms with Crippen molar-refractivity contribution in [2.75, 3.05) is 16.4 Å². The topological polar surface area (TPSA) is 111 Å². The third-order valence-electron chi connectivity index (χ3n) is 12.2. The van der Waals surface area contributed by atoms with Gasteiger partial charge in [-0.15, -0.1) is 0 Å². The molecule has 5 aromatic rings. The molecular weight excluding hydrogens is 679 g/mol. The fourth-order valence-electron chi connectivity index (χ4n) is 9.87. The lowest BCUT2D eigenvalue weighted by molar-refractivity contribution is -0.151. The average Bonchev–Trinajstić information content (AvgIpc) is 3.72. The number of hydrogen-bond donors (Lipinski definition) is 2. The minimum Gasteiger partial charge on any atom is -0.394 e. The summed E-state index contributed by atoms with van der Waals surface area (Å²) in [7, 11) is 0. The van der Waals surface area contributed by atoms with E-state index in [0.717, 1.165) is 33.2 Å². The molecule has 0 aliphatic carbocycles. The fraction of sp³-hybridized carbons (Fsp3) is 0.311. The van der Waals surface area contributed by atoms with Crippen molar-refractivity contribution in [1.82, 2.24) is 4.90 Å². The summed E-state index contributed by atoms with van der Waals surface area (Å²) < 4.78 is 6.94. The average molecular weight is 722 g/mol. The maximum absolute atomic E-state index is 15.0. The van der Waals surface area contributed by atoms with Gasteiger partial charge in [-0.1, -0.05) is 85.8 Å². The van der Waals surface area contributed by atoms with Crippen LogP contribution >= 0.6 is 0 Å². The molecule has 9 rings (SSSR count). The number of carbonyl (C=O) groups excluding carboxylic acids is 3. The predicted molar refractivity (Wildman–Crippen MR) is 206 cm³/mol. The second-order valence-electron chi connectivity index (χ2n) is 15.8. The van der Waals surface area contributed by atoms with E-state index in [1.54, 1.807) is 28.5 Å². The van der Waals surface area contributed by atoms with Crippen LogP contribution in [0.3, 0.4) is 0 Å². The monoisotopic (exact) mass is 721 g/mol. The van der Waals surface area contributed by atoms with Gasteiger partial charge in [-0.2, -0.15) is 0 Å². The Morgan fingerprint density at radius 2 is 1.59 bits per heavy atom. The maximum atomic E-state index is 15.0. The van der Waals surface area contributed by atoms with E-state index in [1.807, 2.05) is 116 Å². The quantitative estimate of drug-likeness (QED) is 0.195. The number of para-hydroxylation sites is 1. The molecule has 9 heteroatoms. The van der Waals surface area contributed by atoms with Crippen LogP contribution in [0.2, 0.25) is 0 Å². The lowest BCUT2D eigenvalue weighted by atomic mass is 9.70. The smallest absolute Gasteiger partial charge is 0.264 e. The predicted octanol–water partition coefficient (Wildman–Crippen LogP) is 6.63. The van der Waals surface area contributed by atoms with E-state index < -0.39 is 29.1 Å². The van der Waals surface area contributed by atoms with Crippen LogP contribution in [-0.4, -0.2) is 57.2 Å². The number of amides is 3. The van der Waals surface area contributed by atoms with Crippen LogP contribution in [0.5, 0.6) is 0 Å². The van der Waals surface area contributed by atoms with E-state index in [1.165, 1.54) is 0 Å². The zero-order chi connectivity index (χ0) is 37.5. The number of rotatable bonds is 7. The summed E-state index contributed by atoms with van der Waals surface area (Å²) in [6.45, 7) is 5.81. The Morgan fingerprint density at radius 1 is 0.889 bits per heavy atom. The molecule has 1 fully saturated rings. The number of hydrogen-bond acceptors (Lipinski definition) is 6. The number of benzene rings is 5. The van der Waals surface area contributed by atoms with Crippen molar-refractivity contribution in [1.29, 1.82) is 0 Å². The van der Waals surface area contributed by atoms with Crippen molar-refractivity contribution in [3.63, 3.8) is 0 Å². The Bertz CT molecular complexity index is 2340. The first-order valence-electron chi connectivity index (χ1n) is 18.7. The summed E-state index contributed by atoms with van der Waals surface area (Å²) in [6, 6.07) is 34.6. The van der Waals surface area contributed by atoms with Gasteiger partial charge >= 0.3 is 0 Å². The van der Waals surface area contributed by atoms with Crippen LogP contribution in [0.25, 0.3) is 10.8 Å². The number of ether oxygens (including phenoxy) is 1. The number of anilines is 3. The lowest BCUT2D eigenvalue weighted by Gasteiger charge is -2.38. The number of fused-ring (bicyclic) bond motifs is 3. The molecule has 2 N–H and O–H groups in total. The molecule has 0 aromatic heterocycles. The largest absolute Gasteiger partial charge is 0.394 e. The van der Waals surface area contributed by atoms with E-state index in [-0.39, 0.29) is 43.3 Å². The molecule has 1 spiro atoms. The van der Waals surface area contributed by atoms with Gasteiger partial charge < -0.3 is 24.7 Å². The molecule has 4 aliphatic heterocycles. The summed E-state index contributed by atoms with van der Waals surface area (Å²) in [5.41, 5.74) is 3.91. The third kappa shape index (κ3) is 5.13. The van der Waals surface area contributed by atoms with Crippen LogP contribution < -0.4 is 9.80 Å². The molecule has 5 aromatic carbocycles. The van der Waals surface area contributed by atoms with Gasteiger partial charge in [0, 0.05) is 35.0 Å². The van der Waals surface area contributed by atoms with Gasteiger partial charge in [-0.3, -0.25) is 19.3 Å². The summed E-state index contributed by atoms with van der Waals surface area (Å²) in [4.78, 5) is 48.2. The van der Waals surface area contributed by atoms with Gasteiger partial charge in [0.15, 0.2) is 5.60 Å². The number of aliphatic hydroxyl groups excluding tert-OH is 1. The minimum absolute atomic E-state index is 0.0457. The van der Waals surface area contributed by atoms with Gasteiger partial charge in [0.2, 0.25) is 5.91 Å². The SMILES string of the molecule is C[C@H]1[C@H](C(C)(C)O)[C@@H](CC(=O)N2Cc3ccccc3C[C@H]2CO)O[C@]12C(=O)N(Cc1cccc(N3C(=O)c4cccc5cccc3c45)c1)c1ccccc12. The van der Waals surface area contributed by atoms with E-state index in [2.05, 4.69) is 0 Å². The van der Waals surface area contributed by atoms with Crippen LogP contribution in [-0.2, 0) is 39.4 Å². The molecule has 4 heterocycles. The number of carbonyl (C=O) groups is 3. The van der Waals surface area contributed by atoms with Gasteiger partial charge in [0.25, 0.3) is 11.8 Å². The first kappa shape index (κ1) is 34.4. The summed E-state index contributed by atoms with van der Waals surface area (Å²) in [6.07, 6.45) is -0.263. The highest BCUT2D eigenvalue weighted by molar-refractivity contribution is 6.27. The molecule has 0 unspecified atom stereocenters. The lowest BCUT2D eigenvalue weighted by Crippen LogP contribution is -2.48. The zero-order valence-electron chi connectivity index (χ0n) is 30.6. The first-order valence-corrected chi connectivity index (χ1v) is 18.7. The standard InChI is InChI=1S/C45H43N3O6/c1-27-41(44(2,3)53)38(23-39(50)46-25-31-13-5-4-12-30(31)22-33(46)26-49)54-45(27)35-18-6-7-19-36(35)47(43(45)52)24-28-11-8-16-32(21-28)48-37-20-10-15-29-14-9-17-34(40(29)37)42(48)51/h4-21,27,33,38,41,49,53H,22-26H2,1-3H3/t27-,33-,38+,41-,45+/m0/s1. The molecule has 54 heavy (non-hydrogen) atoms. The molecule has 4 aliphatic rings. The highest BCUT2D eigenvalue weighted by Gasteiger charge is 2.66. The van der Waals surface area contributed by atoms with Crippen LogP contribution in [0, 0.1) is 11.8 Å². The maximum Gasteiger partial charge on any atom is 0.264 e. The molecule has 0 radical (unpaired) electrons. The summed E-state index contributed by atoms with van der Waals surface area (Å²) in [5.74, 6) is -1.57. The van der Waals surface area contributed by atoms with E-state index >= 15 is 4.79 Å². The van der Waals surface area contributed by atoms with Crippen molar-refractivity contribution < 1.29 is 29.3 Å². The zero-order valence-corrected chi connectivity index (χ0v) is 30.6. The van der Waals surface area contributed by atoms with E-state index in [4.69, 9.17) is 4.74 Å². The van der Waals surface area contributed by atoms with Gasteiger partial charge in [0.1, 0.15) is 0 Å². The molecule has 274 valence electrons. The Hall–Kier alpha value is -5.35. The van der Waals surface area contributed by atoms with E-state index in [0.29, 0.717) is 35.5 Å². The normalized spacial score (nSPS) is 24.5. The molecule has 0 saturated carbocycles. The van der Waals surface area contributed by atoms with Gasteiger partial charge in [-0.05, 0) is 72.7 Å². The van der Waals surface area contributed by atoms with Crippen LogP contribution in [0.15, 0.2) is 109 Å². The molecule has 0 bridgehead atoms. The number of nitrogens with zero attached hydrogens (tertiary/aromatic N) is 3. The van der Waals surface area contributed by atoms with Crippen molar-refractivity contribution in [3.8, 4) is 0 Å². The molecule has 5 atom stereocenters. The Balaban J connectivity index is 1.03. The van der Waals surface area contributed by atoms with Gasteiger partial charge in [0.05, 0.1) is 54.3 Å². The van der Waals surface area contributed by atoms with Crippen molar-refractivity contribution >= 4 is 45.6 Å². The first-order chi connectivity index (χ1) is 26.0. The van der Waals surface area contributed by atoms with Crippen LogP contribution in [0.1, 0.15) is 59.8 Å². The second-order valence-corrected chi connectivity index (χ2v) is 15.8. The molecule has 3 amide bonds. The molecule has 9 nitrogen and oxygen atoms in total. The Morgan fingerprint density at radius 3 is 2.37 bits per heavy atom. The van der Waals surface area contributed by atoms with Crippen LogP contribution in [0.4, 0.5) is 17.1 Å². The fourth-order valence-corrected chi connectivity index (χ4v) is 9.87. The third-order valence-corrected chi connectivity index (χ3v) is 12.2. The van der Waals surface area contributed by atoms with Gasteiger partial charge in [-0.25, -0.2) is 0 Å². The van der Waals surface area contributed by atoms with Crippen molar-refractivity contribution in [2.24, 2.45) is 11.8 Å². The second kappa shape index (κ2) is 12.6. The van der Waals surface area contributed by atoms with Crippen molar-refractivity contribution in [2.45, 2.75) is 70.1 Å². The summed E-state index contributed by atoms with van der Waals surface area (Å²) in [5, 5.41) is 23.9. The molecular formula is C45H43N3O6. The number of aliphatic hydroxyl groups is 2. The van der Waals surface area contributed by atoms with Crippen molar-refractivity contribution in [3.05, 3.63) is 137 Å².